The van der Waals surface area contributed by atoms with Gasteiger partial charge in [-0.3, -0.25) is 9.10 Å². The number of hydrazone groups is 1. The van der Waals surface area contributed by atoms with E-state index in [1.54, 1.807) is 36.4 Å². The summed E-state index contributed by atoms with van der Waals surface area (Å²) in [4.78, 5) is 12.6. The first-order valence-electron chi connectivity index (χ1n) is 9.40. The Bertz CT molecular complexity index is 1280. The summed E-state index contributed by atoms with van der Waals surface area (Å²) < 4.78 is 32.7. The van der Waals surface area contributed by atoms with E-state index < -0.39 is 22.5 Å². The van der Waals surface area contributed by atoms with Crippen molar-refractivity contribution in [1.29, 1.82) is 0 Å². The van der Waals surface area contributed by atoms with E-state index in [9.17, 15) is 13.2 Å². The van der Waals surface area contributed by atoms with Crippen LogP contribution in [0, 0.1) is 0 Å². The zero-order valence-electron chi connectivity index (χ0n) is 17.2. The lowest BCUT2D eigenvalue weighted by Crippen LogP contribution is -2.39. The molecule has 0 atom stereocenters. The summed E-state index contributed by atoms with van der Waals surface area (Å²) in [6, 6.07) is 16.8. The summed E-state index contributed by atoms with van der Waals surface area (Å²) in [5.41, 5.74) is 3.14. The van der Waals surface area contributed by atoms with E-state index in [4.69, 9.17) is 39.5 Å². The molecule has 7 nitrogen and oxygen atoms in total. The zero-order chi connectivity index (χ0) is 24.0. The van der Waals surface area contributed by atoms with E-state index in [1.807, 2.05) is 0 Å². The molecule has 1 N–H and O–H groups in total. The lowest BCUT2D eigenvalue weighted by Gasteiger charge is -2.24. The monoisotopic (exact) mass is 525 g/mol. The molecule has 0 aromatic heterocycles. The van der Waals surface area contributed by atoms with Gasteiger partial charge in [0.1, 0.15) is 12.3 Å². The van der Waals surface area contributed by atoms with Crippen molar-refractivity contribution in [2.45, 2.75) is 4.90 Å². The number of benzene rings is 3. The van der Waals surface area contributed by atoms with Crippen molar-refractivity contribution in [1.82, 2.24) is 5.43 Å². The number of amides is 1. The average Bonchev–Trinajstić information content (AvgIpc) is 2.79. The van der Waals surface area contributed by atoms with Gasteiger partial charge in [0.25, 0.3) is 15.9 Å². The number of hydrogen-bond donors (Lipinski definition) is 1. The number of carbonyl (C=O) groups excluding carboxylic acids is 1. The lowest BCUT2D eigenvalue weighted by atomic mass is 10.2. The molecule has 0 saturated carbocycles. The Labute approximate surface area is 206 Å². The van der Waals surface area contributed by atoms with E-state index in [-0.39, 0.29) is 10.6 Å². The fourth-order valence-corrected chi connectivity index (χ4v) is 4.66. The predicted molar refractivity (Wildman–Crippen MR) is 131 cm³/mol. The van der Waals surface area contributed by atoms with Gasteiger partial charge in [-0.05, 0) is 60.2 Å². The highest BCUT2D eigenvalue weighted by atomic mass is 35.5. The summed E-state index contributed by atoms with van der Waals surface area (Å²) >= 11 is 17.9. The number of hydrogen-bond acceptors (Lipinski definition) is 5. The number of anilines is 1. The maximum atomic E-state index is 13.3. The first-order valence-corrected chi connectivity index (χ1v) is 12.0. The van der Waals surface area contributed by atoms with E-state index in [1.165, 1.54) is 43.7 Å². The third-order valence-corrected chi connectivity index (χ3v) is 7.14. The Morgan fingerprint density at radius 2 is 1.76 bits per heavy atom. The molecule has 0 aliphatic heterocycles. The second kappa shape index (κ2) is 10.9. The molecule has 33 heavy (non-hydrogen) atoms. The van der Waals surface area contributed by atoms with Gasteiger partial charge in [-0.25, -0.2) is 13.8 Å². The van der Waals surface area contributed by atoms with E-state index in [0.717, 1.165) is 4.31 Å². The third kappa shape index (κ3) is 6.39. The van der Waals surface area contributed by atoms with Crippen LogP contribution in [0.15, 0.2) is 76.7 Å². The molecule has 0 heterocycles. The topological polar surface area (TPSA) is 88.1 Å². The van der Waals surface area contributed by atoms with Gasteiger partial charge in [0.05, 0.1) is 34.0 Å². The molecular formula is C22H18Cl3N3O4S. The summed E-state index contributed by atoms with van der Waals surface area (Å²) in [5, 5.41) is 4.91. The SMILES string of the molecule is COc1ccc(S(=O)(=O)N(CC(=O)N/N=C\c2ccc(Cl)c(Cl)c2)c2cccc(Cl)c2)cc1. The van der Waals surface area contributed by atoms with Gasteiger partial charge in [-0.1, -0.05) is 46.9 Å². The van der Waals surface area contributed by atoms with Crippen LogP contribution < -0.4 is 14.5 Å². The van der Waals surface area contributed by atoms with Gasteiger partial charge in [0.15, 0.2) is 0 Å². The highest BCUT2D eigenvalue weighted by Gasteiger charge is 2.27. The average molecular weight is 527 g/mol. The highest BCUT2D eigenvalue weighted by Crippen LogP contribution is 2.27. The third-order valence-electron chi connectivity index (χ3n) is 4.38. The van der Waals surface area contributed by atoms with Crippen molar-refractivity contribution >= 4 is 62.6 Å². The van der Waals surface area contributed by atoms with Crippen LogP contribution in [0.3, 0.4) is 0 Å². The van der Waals surface area contributed by atoms with Gasteiger partial charge in [-0.2, -0.15) is 5.10 Å². The minimum Gasteiger partial charge on any atom is -0.497 e. The maximum Gasteiger partial charge on any atom is 0.264 e. The molecule has 0 unspecified atom stereocenters. The smallest absolute Gasteiger partial charge is 0.264 e. The molecule has 172 valence electrons. The fourth-order valence-electron chi connectivity index (χ4n) is 2.76. The fraction of sp³-hybridized carbons (Fsp3) is 0.0909. The van der Waals surface area contributed by atoms with Gasteiger partial charge >= 0.3 is 0 Å². The van der Waals surface area contributed by atoms with Crippen molar-refractivity contribution in [2.75, 3.05) is 18.0 Å². The standard InChI is InChI=1S/C22H18Cl3N3O4S/c1-32-18-6-8-19(9-7-18)33(30,31)28(17-4-2-3-16(23)12-17)14-22(29)27-26-13-15-5-10-20(24)21(25)11-15/h2-13H,14H2,1H3,(H,27,29)/b26-13-. The van der Waals surface area contributed by atoms with Crippen LogP contribution >= 0.6 is 34.8 Å². The predicted octanol–water partition coefficient (Wildman–Crippen LogP) is 5.00. The molecule has 11 heteroatoms. The Morgan fingerprint density at radius 1 is 1.03 bits per heavy atom. The van der Waals surface area contributed by atoms with Crippen LogP contribution in [0.5, 0.6) is 5.75 Å². The molecule has 0 radical (unpaired) electrons. The van der Waals surface area contributed by atoms with Crippen molar-refractivity contribution in [3.05, 3.63) is 87.4 Å². The van der Waals surface area contributed by atoms with Crippen LogP contribution in [-0.4, -0.2) is 34.2 Å². The first-order chi connectivity index (χ1) is 15.7. The molecule has 0 aliphatic carbocycles. The first kappa shape index (κ1) is 24.9. The normalized spacial score (nSPS) is 11.4. The minimum atomic E-state index is -4.10. The Morgan fingerprint density at radius 3 is 2.39 bits per heavy atom. The molecule has 0 fully saturated rings. The van der Waals surface area contributed by atoms with E-state index in [0.29, 0.717) is 26.4 Å². The number of sulfonamides is 1. The van der Waals surface area contributed by atoms with Crippen LogP contribution in [-0.2, 0) is 14.8 Å². The van der Waals surface area contributed by atoms with Gasteiger partial charge < -0.3 is 4.74 Å². The van der Waals surface area contributed by atoms with Gasteiger partial charge in [0, 0.05) is 5.02 Å². The Hall–Kier alpha value is -2.78. The van der Waals surface area contributed by atoms with E-state index >= 15 is 0 Å². The van der Waals surface area contributed by atoms with Crippen molar-refractivity contribution in [2.24, 2.45) is 5.10 Å². The number of nitrogens with zero attached hydrogens (tertiary/aromatic N) is 2. The van der Waals surface area contributed by atoms with Crippen molar-refractivity contribution in [3.63, 3.8) is 0 Å². The Balaban J connectivity index is 1.84. The summed E-state index contributed by atoms with van der Waals surface area (Å²) in [5.74, 6) is -0.166. The summed E-state index contributed by atoms with van der Waals surface area (Å²) in [7, 11) is -2.63. The molecule has 3 rings (SSSR count). The largest absolute Gasteiger partial charge is 0.497 e. The second-order valence-corrected chi connectivity index (χ2v) is 9.75. The Kier molecular flexibility index (Phi) is 8.20. The van der Waals surface area contributed by atoms with Crippen LogP contribution in [0.1, 0.15) is 5.56 Å². The van der Waals surface area contributed by atoms with Crippen LogP contribution in [0.4, 0.5) is 5.69 Å². The summed E-state index contributed by atoms with van der Waals surface area (Å²) in [6.07, 6.45) is 1.36. The number of nitrogens with one attached hydrogen (secondary N) is 1. The molecule has 0 saturated heterocycles. The molecule has 3 aromatic carbocycles. The highest BCUT2D eigenvalue weighted by molar-refractivity contribution is 7.92. The van der Waals surface area contributed by atoms with Gasteiger partial charge in [-0.15, -0.1) is 0 Å². The lowest BCUT2D eigenvalue weighted by molar-refractivity contribution is -0.119. The number of ether oxygens (including phenoxy) is 1. The quantitative estimate of drug-likeness (QED) is 0.330. The minimum absolute atomic E-state index is 0.0182. The number of carbonyl (C=O) groups is 1. The van der Waals surface area contributed by atoms with Crippen LogP contribution in [0.2, 0.25) is 15.1 Å². The molecular weight excluding hydrogens is 509 g/mol. The molecule has 0 bridgehead atoms. The van der Waals surface area contributed by atoms with Crippen molar-refractivity contribution in [3.8, 4) is 5.75 Å². The second-order valence-electron chi connectivity index (χ2n) is 6.63. The van der Waals surface area contributed by atoms with Crippen molar-refractivity contribution < 1.29 is 17.9 Å². The summed E-state index contributed by atoms with van der Waals surface area (Å²) in [6.45, 7) is -0.534. The number of halogens is 3. The zero-order valence-corrected chi connectivity index (χ0v) is 20.3. The van der Waals surface area contributed by atoms with E-state index in [2.05, 4.69) is 10.5 Å². The van der Waals surface area contributed by atoms with Gasteiger partial charge in [0.2, 0.25) is 0 Å². The molecule has 1 amide bonds. The maximum absolute atomic E-state index is 13.3. The molecule has 3 aromatic rings. The number of methoxy groups -OCH3 is 1. The molecule has 0 aliphatic rings. The number of rotatable bonds is 8. The molecule has 0 spiro atoms. The van der Waals surface area contributed by atoms with Crippen LogP contribution in [0.25, 0.3) is 0 Å².